The molecule has 1 aliphatic heterocycles. The monoisotopic (exact) mass is 480 g/mol. The van der Waals surface area contributed by atoms with Gasteiger partial charge in [-0.05, 0) is 24.2 Å². The molecule has 0 bridgehead atoms. The van der Waals surface area contributed by atoms with Crippen molar-refractivity contribution < 1.29 is 0 Å². The molecule has 6 rings (SSSR count). The maximum atomic E-state index is 6.74. The van der Waals surface area contributed by atoms with Gasteiger partial charge in [-0.2, -0.15) is 0 Å². The highest BCUT2D eigenvalue weighted by Crippen LogP contribution is 2.50. The van der Waals surface area contributed by atoms with E-state index in [9.17, 15) is 0 Å². The number of nitrogens with two attached hydrogens (primary N) is 2. The predicted molar refractivity (Wildman–Crippen MR) is 129 cm³/mol. The van der Waals surface area contributed by atoms with Crippen LogP contribution in [0.5, 0.6) is 0 Å². The quantitative estimate of drug-likeness (QED) is 0.222. The van der Waals surface area contributed by atoms with Gasteiger partial charge >= 0.3 is 0 Å². The molecule has 2 unspecified atom stereocenters. The number of aromatic nitrogens is 6. The van der Waals surface area contributed by atoms with Crippen molar-refractivity contribution in [3.8, 4) is 0 Å². The zero-order chi connectivity index (χ0) is 22.7. The lowest BCUT2D eigenvalue weighted by molar-refractivity contribution is 0.732. The number of nitrogens with zero attached hydrogens (tertiary/aromatic N) is 7. The van der Waals surface area contributed by atoms with E-state index in [2.05, 4.69) is 36.8 Å². The molecule has 5 heterocycles. The molecule has 10 nitrogen and oxygen atoms in total. The highest BCUT2D eigenvalue weighted by atomic mass is 35.5. The molecule has 2 atom stereocenters. The Morgan fingerprint density at radius 1 is 1.21 bits per heavy atom. The fourth-order valence-corrected chi connectivity index (χ4v) is 5.73. The number of hydrogen-bond acceptors (Lipinski definition) is 8. The molecule has 4 aromatic rings. The summed E-state index contributed by atoms with van der Waals surface area (Å²) in [6.45, 7) is 3.73. The average molecular weight is 481 g/mol. The third kappa shape index (κ3) is 3.51. The van der Waals surface area contributed by atoms with Crippen LogP contribution in [0.2, 0.25) is 5.02 Å². The Bertz CT molecular complexity index is 1400. The number of anilines is 1. The Hall–Kier alpha value is -3.18. The molecular weight excluding hydrogens is 460 g/mol. The van der Waals surface area contributed by atoms with Gasteiger partial charge in [0, 0.05) is 54.1 Å². The van der Waals surface area contributed by atoms with Gasteiger partial charge in [0.25, 0.3) is 0 Å². The second kappa shape index (κ2) is 7.70. The first kappa shape index (κ1) is 20.4. The fourth-order valence-electron chi connectivity index (χ4n) is 4.62. The lowest BCUT2D eigenvalue weighted by atomic mass is 10.2. The van der Waals surface area contributed by atoms with Gasteiger partial charge in [0.05, 0.1) is 16.5 Å². The van der Waals surface area contributed by atoms with Gasteiger partial charge in [-0.25, -0.2) is 24.9 Å². The number of piperidine rings is 1. The number of rotatable bonds is 5. The first-order chi connectivity index (χ1) is 16.0. The van der Waals surface area contributed by atoms with E-state index in [4.69, 9.17) is 33.0 Å². The van der Waals surface area contributed by atoms with Crippen molar-refractivity contribution in [3.05, 3.63) is 35.4 Å². The number of aryl methyl sites for hydroxylation is 1. The Morgan fingerprint density at radius 3 is 2.76 bits per heavy atom. The molecule has 2 fully saturated rings. The maximum absolute atomic E-state index is 6.74. The summed E-state index contributed by atoms with van der Waals surface area (Å²) in [6, 6.07) is 2.15. The van der Waals surface area contributed by atoms with Crippen LogP contribution in [0.15, 0.2) is 39.7 Å². The Labute approximate surface area is 198 Å². The molecule has 1 saturated carbocycles. The highest BCUT2D eigenvalue weighted by molar-refractivity contribution is 7.99. The molecule has 1 saturated heterocycles. The number of nitrogens with one attached hydrogen (secondary N) is 1. The van der Waals surface area contributed by atoms with E-state index in [1.54, 1.807) is 18.6 Å². The number of fused-ring (bicyclic) bond motifs is 3. The van der Waals surface area contributed by atoms with Gasteiger partial charge in [0.15, 0.2) is 16.8 Å². The van der Waals surface area contributed by atoms with Crippen molar-refractivity contribution in [2.75, 3.05) is 18.0 Å². The van der Waals surface area contributed by atoms with Gasteiger partial charge in [-0.15, -0.1) is 0 Å². The number of pyridine rings is 1. The van der Waals surface area contributed by atoms with E-state index in [-0.39, 0.29) is 12.0 Å². The van der Waals surface area contributed by atoms with Crippen LogP contribution < -0.4 is 16.4 Å². The first-order valence-corrected chi connectivity index (χ1v) is 11.9. The molecule has 5 N–H and O–H groups in total. The minimum atomic E-state index is 0.152. The molecule has 1 aliphatic carbocycles. The summed E-state index contributed by atoms with van der Waals surface area (Å²) in [5, 5.41) is 2.16. The lowest BCUT2D eigenvalue weighted by Crippen LogP contribution is -2.28. The van der Waals surface area contributed by atoms with Gasteiger partial charge in [-0.1, -0.05) is 18.5 Å². The van der Waals surface area contributed by atoms with Crippen molar-refractivity contribution in [3.63, 3.8) is 0 Å². The smallest absolute Gasteiger partial charge is 0.196 e. The highest BCUT2D eigenvalue weighted by Gasteiger charge is 2.56. The second-order valence-electron chi connectivity index (χ2n) is 8.27. The van der Waals surface area contributed by atoms with Gasteiger partial charge in [-0.3, -0.25) is 4.98 Å². The molecule has 0 radical (unpaired) electrons. The van der Waals surface area contributed by atoms with Crippen molar-refractivity contribution in [1.29, 1.82) is 0 Å². The van der Waals surface area contributed by atoms with Gasteiger partial charge in [0.1, 0.15) is 17.0 Å². The van der Waals surface area contributed by atoms with Crippen molar-refractivity contribution >= 4 is 57.3 Å². The van der Waals surface area contributed by atoms with Gasteiger partial charge in [0.2, 0.25) is 0 Å². The maximum Gasteiger partial charge on any atom is 0.196 e. The van der Waals surface area contributed by atoms with Crippen LogP contribution in [0.25, 0.3) is 22.2 Å². The molecule has 0 amide bonds. The zero-order valence-corrected chi connectivity index (χ0v) is 19.3. The van der Waals surface area contributed by atoms with Crippen molar-refractivity contribution in [2.45, 2.75) is 29.4 Å². The number of aromatic amines is 1. The molecular formula is C21H21ClN10S. The van der Waals surface area contributed by atoms with E-state index in [0.717, 1.165) is 52.5 Å². The average Bonchev–Trinajstić information content (AvgIpc) is 3.12. The summed E-state index contributed by atoms with van der Waals surface area (Å²) in [5.74, 6) is 1.85. The van der Waals surface area contributed by atoms with Crippen LogP contribution in [0.4, 0.5) is 5.82 Å². The molecule has 0 spiro atoms. The standard InChI is InChI=1S/C21H21ClN10S/c1-2-12-15(22)14-18(28-12)30-21(33-9-5-13-17(27-6-9)26-4-3-25-13)31-19(14)32-7-10-11(8-32)16(10)29-20(23)24/h3-6,10-11,16H,2,7-8H2,1H3,(H4,23,24,29)(H,28,30,31). The summed E-state index contributed by atoms with van der Waals surface area (Å²) < 4.78 is 0. The zero-order valence-electron chi connectivity index (χ0n) is 17.7. The number of aliphatic imine (C=N–C) groups is 1. The number of guanidine groups is 1. The summed E-state index contributed by atoms with van der Waals surface area (Å²) in [5.41, 5.74) is 14.2. The van der Waals surface area contributed by atoms with Crippen LogP contribution in [0, 0.1) is 11.8 Å². The van der Waals surface area contributed by atoms with E-state index < -0.39 is 0 Å². The van der Waals surface area contributed by atoms with E-state index >= 15 is 0 Å². The minimum absolute atomic E-state index is 0.152. The lowest BCUT2D eigenvalue weighted by Gasteiger charge is -2.21. The Morgan fingerprint density at radius 2 is 2.00 bits per heavy atom. The number of hydrogen-bond donors (Lipinski definition) is 3. The molecule has 2 aliphatic rings. The van der Waals surface area contributed by atoms with Crippen molar-refractivity contribution in [1.82, 2.24) is 29.9 Å². The Kier molecular flexibility index (Phi) is 4.77. The number of H-pyrrole nitrogens is 1. The summed E-state index contributed by atoms with van der Waals surface area (Å²) in [4.78, 5) is 33.5. The van der Waals surface area contributed by atoms with Gasteiger partial charge < -0.3 is 21.4 Å². The predicted octanol–water partition coefficient (Wildman–Crippen LogP) is 2.37. The summed E-state index contributed by atoms with van der Waals surface area (Å²) >= 11 is 8.18. The molecule has 4 aromatic heterocycles. The summed E-state index contributed by atoms with van der Waals surface area (Å²) in [7, 11) is 0. The normalized spacial score (nSPS) is 21.5. The summed E-state index contributed by atoms with van der Waals surface area (Å²) in [6.07, 6.45) is 5.83. The third-order valence-electron chi connectivity index (χ3n) is 6.23. The minimum Gasteiger partial charge on any atom is -0.370 e. The van der Waals surface area contributed by atoms with Crippen LogP contribution in [-0.2, 0) is 6.42 Å². The fraction of sp³-hybridized carbons (Fsp3) is 0.333. The molecule has 168 valence electrons. The van der Waals surface area contributed by atoms with E-state index in [0.29, 0.717) is 27.7 Å². The second-order valence-corrected chi connectivity index (χ2v) is 9.69. The van der Waals surface area contributed by atoms with E-state index in [1.165, 1.54) is 11.8 Å². The van der Waals surface area contributed by atoms with Crippen molar-refractivity contribution in [2.24, 2.45) is 28.3 Å². The van der Waals surface area contributed by atoms with Crippen LogP contribution >= 0.6 is 23.4 Å². The molecule has 33 heavy (non-hydrogen) atoms. The van der Waals surface area contributed by atoms with E-state index in [1.807, 2.05) is 6.07 Å². The topological polar surface area (TPSA) is 148 Å². The molecule has 0 aromatic carbocycles. The van der Waals surface area contributed by atoms with Crippen LogP contribution in [0.1, 0.15) is 12.6 Å². The third-order valence-corrected chi connectivity index (χ3v) is 7.47. The van der Waals surface area contributed by atoms with Crippen LogP contribution in [-0.4, -0.2) is 55.0 Å². The first-order valence-electron chi connectivity index (χ1n) is 10.7. The number of halogens is 1. The largest absolute Gasteiger partial charge is 0.370 e. The Balaban J connectivity index is 1.37. The SMILES string of the molecule is CCc1[nH]c2nc(Sc3cnc4nccnc4c3)nc(N3CC4C(C3)C4N=C(N)N)c2c1Cl. The molecule has 12 heteroatoms. The van der Waals surface area contributed by atoms with Crippen LogP contribution in [0.3, 0.4) is 0 Å².